The molecule has 4 rings (SSSR count). The van der Waals surface area contributed by atoms with Crippen LogP contribution in [0.1, 0.15) is 46.1 Å². The molecule has 166 valence electrons. The van der Waals surface area contributed by atoms with Crippen molar-refractivity contribution in [1.82, 2.24) is 18.9 Å². The first kappa shape index (κ1) is 21.8. The van der Waals surface area contributed by atoms with Crippen LogP contribution in [0.2, 0.25) is 5.15 Å². The molecular formula is C23H24ClN5O3. The summed E-state index contributed by atoms with van der Waals surface area (Å²) in [5.41, 5.74) is 2.53. The van der Waals surface area contributed by atoms with Gasteiger partial charge in [-0.25, -0.2) is 9.48 Å². The predicted octanol–water partition coefficient (Wildman–Crippen LogP) is 3.12. The maximum Gasteiger partial charge on any atom is 0.332 e. The second-order valence-electron chi connectivity index (χ2n) is 7.97. The molecular weight excluding hydrogens is 430 g/mol. The lowest BCUT2D eigenvalue weighted by Gasteiger charge is -2.11. The Morgan fingerprint density at radius 3 is 2.47 bits per heavy atom. The number of allylic oxidation sites excluding steroid dienone is 1. The summed E-state index contributed by atoms with van der Waals surface area (Å²) in [6, 6.07) is 8.08. The quantitative estimate of drug-likeness (QED) is 0.599. The summed E-state index contributed by atoms with van der Waals surface area (Å²) in [6.07, 6.45) is 2.27. The van der Waals surface area contributed by atoms with E-state index >= 15 is 0 Å². The second-order valence-corrected chi connectivity index (χ2v) is 8.33. The lowest BCUT2D eigenvalue weighted by Crippen LogP contribution is -2.40. The van der Waals surface area contributed by atoms with Crippen molar-refractivity contribution in [2.75, 3.05) is 5.32 Å². The molecule has 32 heavy (non-hydrogen) atoms. The topological polar surface area (TPSA) is 90.9 Å². The minimum Gasteiger partial charge on any atom is -0.338 e. The monoisotopic (exact) mass is 453 g/mol. The van der Waals surface area contributed by atoms with Crippen LogP contribution < -0.4 is 16.6 Å². The number of halogens is 1. The molecule has 0 saturated carbocycles. The van der Waals surface area contributed by atoms with Gasteiger partial charge in [0.1, 0.15) is 16.5 Å². The SMILES string of the molecule is CCCn1c2c(c(=O)n(C)c1=O)C(=O)/C(=C\c1c(C)nn(Cc3ccc(C)cc3)c1Cl)N2. The number of rotatable bonds is 5. The zero-order valence-corrected chi connectivity index (χ0v) is 19.2. The number of anilines is 1. The number of benzene rings is 1. The Bertz CT molecular complexity index is 1380. The molecule has 1 aliphatic rings. The molecule has 3 heterocycles. The number of nitrogens with one attached hydrogen (secondary N) is 1. The Morgan fingerprint density at radius 2 is 1.81 bits per heavy atom. The van der Waals surface area contributed by atoms with Crippen LogP contribution in [0.15, 0.2) is 39.6 Å². The maximum absolute atomic E-state index is 13.1. The van der Waals surface area contributed by atoms with Crippen LogP contribution in [0.4, 0.5) is 5.82 Å². The molecule has 8 nitrogen and oxygen atoms in total. The highest BCUT2D eigenvalue weighted by Gasteiger charge is 2.33. The van der Waals surface area contributed by atoms with Crippen molar-refractivity contribution < 1.29 is 4.79 Å². The van der Waals surface area contributed by atoms with E-state index in [0.29, 0.717) is 35.9 Å². The molecule has 1 aliphatic heterocycles. The number of nitrogens with zero attached hydrogens (tertiary/aromatic N) is 4. The van der Waals surface area contributed by atoms with E-state index in [9.17, 15) is 14.4 Å². The molecule has 0 bridgehead atoms. The van der Waals surface area contributed by atoms with E-state index in [0.717, 1.165) is 10.1 Å². The number of hydrogen-bond acceptors (Lipinski definition) is 5. The number of hydrogen-bond donors (Lipinski definition) is 1. The van der Waals surface area contributed by atoms with Gasteiger partial charge in [0.15, 0.2) is 0 Å². The Labute approximate surface area is 189 Å². The molecule has 2 aromatic heterocycles. The van der Waals surface area contributed by atoms with Gasteiger partial charge in [0.2, 0.25) is 5.78 Å². The van der Waals surface area contributed by atoms with Crippen molar-refractivity contribution in [3.8, 4) is 0 Å². The van der Waals surface area contributed by atoms with Gasteiger partial charge in [-0.3, -0.25) is 18.7 Å². The van der Waals surface area contributed by atoms with Crippen LogP contribution >= 0.6 is 11.6 Å². The third-order valence-corrected chi connectivity index (χ3v) is 5.96. The van der Waals surface area contributed by atoms with Gasteiger partial charge in [-0.05, 0) is 31.9 Å². The van der Waals surface area contributed by atoms with E-state index in [1.54, 1.807) is 10.8 Å². The second kappa shape index (κ2) is 8.27. The molecule has 0 amide bonds. The third kappa shape index (κ3) is 3.60. The summed E-state index contributed by atoms with van der Waals surface area (Å²) in [6.45, 7) is 6.63. The van der Waals surface area contributed by atoms with Crippen molar-refractivity contribution >= 4 is 29.3 Å². The van der Waals surface area contributed by atoms with Gasteiger partial charge in [-0.15, -0.1) is 0 Å². The fraction of sp³-hybridized carbons (Fsp3) is 0.304. The molecule has 0 aliphatic carbocycles. The zero-order valence-electron chi connectivity index (χ0n) is 18.4. The number of carbonyl (C=O) groups excluding carboxylic acids is 1. The summed E-state index contributed by atoms with van der Waals surface area (Å²) >= 11 is 6.61. The highest BCUT2D eigenvalue weighted by molar-refractivity contribution is 6.31. The summed E-state index contributed by atoms with van der Waals surface area (Å²) in [5.74, 6) is -0.232. The van der Waals surface area contributed by atoms with Crippen molar-refractivity contribution in [3.05, 3.63) is 83.9 Å². The highest BCUT2D eigenvalue weighted by atomic mass is 35.5. The Morgan fingerprint density at radius 1 is 1.12 bits per heavy atom. The number of aromatic nitrogens is 4. The van der Waals surface area contributed by atoms with Crippen molar-refractivity contribution in [2.45, 2.75) is 40.3 Å². The minimum absolute atomic E-state index is 0.0346. The van der Waals surface area contributed by atoms with Crippen LogP contribution in [0.25, 0.3) is 6.08 Å². The van der Waals surface area contributed by atoms with E-state index in [-0.39, 0.29) is 17.1 Å². The average Bonchev–Trinajstić information content (AvgIpc) is 3.22. The molecule has 1 aromatic carbocycles. The Balaban J connectivity index is 1.74. The molecule has 0 spiro atoms. The van der Waals surface area contributed by atoms with Gasteiger partial charge in [0, 0.05) is 19.2 Å². The molecule has 1 N–H and O–H groups in total. The Kier molecular flexibility index (Phi) is 5.64. The smallest absolute Gasteiger partial charge is 0.332 e. The first-order valence-electron chi connectivity index (χ1n) is 10.4. The maximum atomic E-state index is 13.1. The molecule has 0 saturated heterocycles. The lowest BCUT2D eigenvalue weighted by atomic mass is 10.1. The van der Waals surface area contributed by atoms with Crippen LogP contribution in [0, 0.1) is 13.8 Å². The van der Waals surface area contributed by atoms with E-state index < -0.39 is 17.0 Å². The van der Waals surface area contributed by atoms with Gasteiger partial charge in [0.25, 0.3) is 5.56 Å². The lowest BCUT2D eigenvalue weighted by molar-refractivity contribution is 0.104. The van der Waals surface area contributed by atoms with E-state index in [4.69, 9.17) is 11.6 Å². The highest BCUT2D eigenvalue weighted by Crippen LogP contribution is 2.29. The molecule has 3 aromatic rings. The van der Waals surface area contributed by atoms with Crippen LogP contribution in [-0.2, 0) is 20.1 Å². The van der Waals surface area contributed by atoms with Crippen LogP contribution in [-0.4, -0.2) is 24.7 Å². The molecule has 0 unspecified atom stereocenters. The molecule has 0 radical (unpaired) electrons. The summed E-state index contributed by atoms with van der Waals surface area (Å²) in [5, 5.41) is 7.89. The van der Waals surface area contributed by atoms with Crippen molar-refractivity contribution in [1.29, 1.82) is 0 Å². The van der Waals surface area contributed by atoms with Crippen molar-refractivity contribution in [2.24, 2.45) is 7.05 Å². The number of carbonyl (C=O) groups is 1. The fourth-order valence-corrected chi connectivity index (χ4v) is 4.09. The third-order valence-electron chi connectivity index (χ3n) is 5.57. The number of Topliss-reactive ketones (excluding diaryl/α,β-unsaturated/α-hetero) is 1. The van der Waals surface area contributed by atoms with Crippen LogP contribution in [0.5, 0.6) is 0 Å². The summed E-state index contributed by atoms with van der Waals surface area (Å²) in [4.78, 5) is 38.2. The summed E-state index contributed by atoms with van der Waals surface area (Å²) in [7, 11) is 1.38. The normalized spacial score (nSPS) is 14.2. The zero-order chi connectivity index (χ0) is 23.2. The average molecular weight is 454 g/mol. The van der Waals surface area contributed by atoms with Crippen molar-refractivity contribution in [3.63, 3.8) is 0 Å². The number of ketones is 1. The fourth-order valence-electron chi connectivity index (χ4n) is 3.80. The molecule has 0 fully saturated rings. The van der Waals surface area contributed by atoms with Gasteiger partial charge < -0.3 is 5.32 Å². The van der Waals surface area contributed by atoms with Gasteiger partial charge in [0.05, 0.1) is 17.9 Å². The van der Waals surface area contributed by atoms with E-state index in [2.05, 4.69) is 10.4 Å². The van der Waals surface area contributed by atoms with Gasteiger partial charge in [-0.1, -0.05) is 48.4 Å². The predicted molar refractivity (Wildman–Crippen MR) is 124 cm³/mol. The number of aryl methyl sites for hydroxylation is 2. The minimum atomic E-state index is -0.615. The largest absolute Gasteiger partial charge is 0.338 e. The standard InChI is InChI=1S/C23H24ClN5O3/c1-5-10-28-21-18(22(31)27(4)23(28)32)19(30)17(25-21)11-16-14(3)26-29(20(16)24)12-15-8-6-13(2)7-9-15/h6-9,11,25H,5,10,12H2,1-4H3/b17-11+. The van der Waals surface area contributed by atoms with Gasteiger partial charge >= 0.3 is 5.69 Å². The first-order valence-corrected chi connectivity index (χ1v) is 10.8. The number of fused-ring (bicyclic) bond motifs is 1. The first-order chi connectivity index (χ1) is 15.2. The van der Waals surface area contributed by atoms with Gasteiger partial charge in [-0.2, -0.15) is 5.10 Å². The summed E-state index contributed by atoms with van der Waals surface area (Å²) < 4.78 is 4.06. The van der Waals surface area contributed by atoms with E-state index in [1.165, 1.54) is 17.2 Å². The molecule has 0 atom stereocenters. The Hall–Kier alpha value is -3.39. The van der Waals surface area contributed by atoms with Crippen LogP contribution in [0.3, 0.4) is 0 Å². The molecule has 9 heteroatoms. The van der Waals surface area contributed by atoms with E-state index in [1.807, 2.05) is 45.0 Å².